The van der Waals surface area contributed by atoms with Crippen LogP contribution in [0.25, 0.3) is 0 Å². The van der Waals surface area contributed by atoms with Gasteiger partial charge in [0.05, 0.1) is 0 Å². The first kappa shape index (κ1) is 23.0. The first-order valence-electron chi connectivity index (χ1n) is 10.9. The Morgan fingerprint density at radius 3 is 2.29 bits per heavy atom. The molecule has 0 heterocycles. The monoisotopic (exact) mass is 432 g/mol. The van der Waals surface area contributed by atoms with Crippen LogP contribution in [-0.4, -0.2) is 13.3 Å². The number of aryl methyl sites for hydroxylation is 4. The van der Waals surface area contributed by atoms with Crippen LogP contribution in [0.2, 0.25) is 0 Å². The van der Waals surface area contributed by atoms with E-state index in [4.69, 9.17) is 0 Å². The summed E-state index contributed by atoms with van der Waals surface area (Å²) in [7, 11) is 1.96. The average Bonchev–Trinajstić information content (AvgIpc) is 2.79. The highest BCUT2D eigenvalue weighted by Crippen LogP contribution is 2.31. The van der Waals surface area contributed by atoms with E-state index in [1.165, 1.54) is 38.3 Å². The van der Waals surface area contributed by atoms with Gasteiger partial charge in [0.1, 0.15) is 6.29 Å². The number of nitrogens with one attached hydrogen (secondary N) is 2. The Bertz CT molecular complexity index is 1030. The Morgan fingerprint density at radius 1 is 0.871 bits per heavy atom. The molecule has 0 saturated heterocycles. The lowest BCUT2D eigenvalue weighted by atomic mass is 9.99. The van der Waals surface area contributed by atoms with Crippen LogP contribution in [0.1, 0.15) is 46.7 Å². The van der Waals surface area contributed by atoms with Crippen molar-refractivity contribution in [3.8, 4) is 0 Å². The number of anilines is 2. The normalized spacial score (nSPS) is 10.7. The smallest absolute Gasteiger partial charge is 0.120 e. The highest BCUT2D eigenvalue weighted by Gasteiger charge is 2.10. The lowest BCUT2D eigenvalue weighted by Gasteiger charge is -2.16. The maximum absolute atomic E-state index is 10.6. The molecule has 0 fully saturated rings. The third kappa shape index (κ3) is 6.14. The molecule has 0 aliphatic rings. The van der Waals surface area contributed by atoms with Crippen molar-refractivity contribution < 1.29 is 4.79 Å². The topological polar surface area (TPSA) is 41.1 Å². The molecule has 2 N–H and O–H groups in total. The Hall–Kier alpha value is -2.72. The van der Waals surface area contributed by atoms with Gasteiger partial charge in [0.15, 0.2) is 0 Å². The zero-order valence-corrected chi connectivity index (χ0v) is 19.7. The van der Waals surface area contributed by atoms with Crippen molar-refractivity contribution in [1.82, 2.24) is 0 Å². The van der Waals surface area contributed by atoms with Crippen LogP contribution in [0.3, 0.4) is 0 Å². The molecule has 0 atom stereocenters. The van der Waals surface area contributed by atoms with Crippen LogP contribution >= 0.6 is 11.9 Å². The Balaban J connectivity index is 1.81. The van der Waals surface area contributed by atoms with Crippen molar-refractivity contribution in [2.24, 2.45) is 0 Å². The molecule has 31 heavy (non-hydrogen) atoms. The highest BCUT2D eigenvalue weighted by molar-refractivity contribution is 8.00. The molecule has 3 rings (SSSR count). The molecule has 3 aromatic rings. The second-order valence-corrected chi connectivity index (χ2v) is 8.80. The van der Waals surface area contributed by atoms with Gasteiger partial charge < -0.3 is 14.8 Å². The molecule has 3 aromatic carbocycles. The molecular weight excluding hydrogens is 400 g/mol. The number of hydrogen-bond acceptors (Lipinski definition) is 4. The van der Waals surface area contributed by atoms with Gasteiger partial charge in [-0.1, -0.05) is 43.3 Å². The van der Waals surface area contributed by atoms with Gasteiger partial charge in [0.25, 0.3) is 0 Å². The quantitative estimate of drug-likeness (QED) is 0.275. The minimum atomic E-state index is 0.577. The van der Waals surface area contributed by atoms with E-state index >= 15 is 0 Å². The molecule has 0 aromatic heterocycles. The summed E-state index contributed by atoms with van der Waals surface area (Å²) < 4.78 is 3.60. The van der Waals surface area contributed by atoms with Crippen LogP contribution in [0.15, 0.2) is 59.5 Å². The van der Waals surface area contributed by atoms with Gasteiger partial charge in [0.2, 0.25) is 0 Å². The number of aldehydes is 1. The first-order chi connectivity index (χ1) is 15.0. The summed E-state index contributed by atoms with van der Waals surface area (Å²) in [6.07, 6.45) is 4.26. The van der Waals surface area contributed by atoms with Gasteiger partial charge >= 0.3 is 0 Å². The van der Waals surface area contributed by atoms with E-state index in [-0.39, 0.29) is 0 Å². The van der Waals surface area contributed by atoms with Gasteiger partial charge in [-0.05, 0) is 96.6 Å². The summed E-state index contributed by atoms with van der Waals surface area (Å²) in [5, 5.41) is 3.30. The fourth-order valence-corrected chi connectivity index (χ4v) is 4.51. The van der Waals surface area contributed by atoms with E-state index in [1.807, 2.05) is 7.05 Å². The van der Waals surface area contributed by atoms with E-state index < -0.39 is 0 Å². The third-order valence-electron chi connectivity index (χ3n) is 5.67. The minimum absolute atomic E-state index is 0.577. The zero-order valence-electron chi connectivity index (χ0n) is 18.9. The van der Waals surface area contributed by atoms with Crippen molar-refractivity contribution in [2.75, 3.05) is 17.1 Å². The number of rotatable bonds is 10. The lowest BCUT2D eigenvalue weighted by Crippen LogP contribution is -2.01. The van der Waals surface area contributed by atoms with E-state index in [2.05, 4.69) is 85.4 Å². The molecule has 0 bridgehead atoms. The van der Waals surface area contributed by atoms with Crippen LogP contribution < -0.4 is 10.0 Å². The lowest BCUT2D eigenvalue weighted by molar-refractivity contribution is -0.107. The Morgan fingerprint density at radius 2 is 1.61 bits per heavy atom. The molecule has 0 amide bonds. The van der Waals surface area contributed by atoms with Gasteiger partial charge in [-0.2, -0.15) is 0 Å². The fourth-order valence-electron chi connectivity index (χ4n) is 3.75. The van der Waals surface area contributed by atoms with Gasteiger partial charge in [-0.25, -0.2) is 0 Å². The number of carbonyl (C=O) groups excluding carboxylic acids is 1. The SMILES string of the molecule is CCc1cc(SNc2cc(NC)c(C)cc2Cc2ccc(CCC=O)cc2)ccc1C. The summed E-state index contributed by atoms with van der Waals surface area (Å²) in [5.74, 6) is 0. The van der Waals surface area contributed by atoms with Crippen LogP contribution in [0.4, 0.5) is 11.4 Å². The molecule has 0 unspecified atom stereocenters. The molecule has 162 valence electrons. The second-order valence-electron chi connectivity index (χ2n) is 7.92. The van der Waals surface area contributed by atoms with E-state index in [1.54, 1.807) is 11.9 Å². The Labute approximate surface area is 190 Å². The predicted octanol–water partition coefficient (Wildman–Crippen LogP) is 6.75. The number of benzene rings is 3. The van der Waals surface area contributed by atoms with Gasteiger partial charge in [0, 0.05) is 29.7 Å². The van der Waals surface area contributed by atoms with E-state index in [9.17, 15) is 4.79 Å². The summed E-state index contributed by atoms with van der Waals surface area (Å²) in [4.78, 5) is 11.8. The first-order valence-corrected chi connectivity index (χ1v) is 11.7. The van der Waals surface area contributed by atoms with E-state index in [0.29, 0.717) is 6.42 Å². The van der Waals surface area contributed by atoms with Crippen LogP contribution in [-0.2, 0) is 24.1 Å². The van der Waals surface area contributed by atoms with Crippen molar-refractivity contribution in [1.29, 1.82) is 0 Å². The summed E-state index contributed by atoms with van der Waals surface area (Å²) in [6.45, 7) is 6.51. The molecule has 0 aliphatic carbocycles. The molecule has 0 radical (unpaired) electrons. The van der Waals surface area contributed by atoms with Crippen LogP contribution in [0.5, 0.6) is 0 Å². The van der Waals surface area contributed by atoms with Crippen molar-refractivity contribution in [2.45, 2.75) is 51.3 Å². The highest BCUT2D eigenvalue weighted by atomic mass is 32.2. The number of carbonyl (C=O) groups is 1. The summed E-state index contributed by atoms with van der Waals surface area (Å²) >= 11 is 1.66. The fraction of sp³-hybridized carbons (Fsp3) is 0.296. The summed E-state index contributed by atoms with van der Waals surface area (Å²) in [6, 6.07) is 19.7. The van der Waals surface area contributed by atoms with E-state index in [0.717, 1.165) is 36.9 Å². The second kappa shape index (κ2) is 11.1. The molecular formula is C27H32N2OS. The molecule has 4 heteroatoms. The standard InChI is InChI=1S/C27H32N2OS/c1-5-23-17-25(13-8-19(23)2)31-29-27-18-26(28-4)20(3)15-24(27)16-22-11-9-21(10-12-22)7-6-14-30/h8-15,17-18,28-29H,5-7,16H2,1-4H3. The minimum Gasteiger partial charge on any atom is -0.388 e. The maximum Gasteiger partial charge on any atom is 0.120 e. The zero-order chi connectivity index (χ0) is 22.2. The third-order valence-corrected chi connectivity index (χ3v) is 6.48. The van der Waals surface area contributed by atoms with Crippen LogP contribution in [0, 0.1) is 13.8 Å². The maximum atomic E-state index is 10.6. The molecule has 0 spiro atoms. The Kier molecular flexibility index (Phi) is 8.19. The molecule has 3 nitrogen and oxygen atoms in total. The van der Waals surface area contributed by atoms with Crippen molar-refractivity contribution >= 4 is 29.6 Å². The largest absolute Gasteiger partial charge is 0.388 e. The molecule has 0 saturated carbocycles. The van der Waals surface area contributed by atoms with Crippen molar-refractivity contribution in [3.05, 3.63) is 88.0 Å². The van der Waals surface area contributed by atoms with Gasteiger partial charge in [-0.15, -0.1) is 0 Å². The van der Waals surface area contributed by atoms with Gasteiger partial charge in [-0.3, -0.25) is 0 Å². The van der Waals surface area contributed by atoms with Crippen molar-refractivity contribution in [3.63, 3.8) is 0 Å². The molecule has 0 aliphatic heterocycles. The predicted molar refractivity (Wildman–Crippen MR) is 134 cm³/mol. The average molecular weight is 433 g/mol. The summed E-state index contributed by atoms with van der Waals surface area (Å²) in [5.41, 5.74) is 9.98. The number of hydrogen-bond donors (Lipinski definition) is 2.